The molecule has 0 heterocycles. The van der Waals surface area contributed by atoms with Crippen LogP contribution in [-0.2, 0) is 4.79 Å². The minimum absolute atomic E-state index is 0. The Kier molecular flexibility index (Phi) is 8.66. The third-order valence-corrected chi connectivity index (χ3v) is 0.319. The first-order valence-corrected chi connectivity index (χ1v) is 1.60. The number of carboxylic acids is 1. The molecule has 0 aliphatic heterocycles. The fourth-order valence-electron chi connectivity index (χ4n) is 0.123. The molecular weight excluding hydrogens is 199 g/mol. The van der Waals surface area contributed by atoms with Crippen LogP contribution in [-0.4, -0.2) is 35.0 Å². The van der Waals surface area contributed by atoms with Crippen molar-refractivity contribution in [1.82, 2.24) is 0 Å². The topological polar surface area (TPSA) is 37.3 Å². The van der Waals surface area contributed by atoms with E-state index < -0.39 is 5.97 Å². The van der Waals surface area contributed by atoms with E-state index in [4.69, 9.17) is 5.11 Å². The van der Waals surface area contributed by atoms with Gasteiger partial charge in [0.25, 0.3) is 0 Å². The molecule has 0 fully saturated rings. The van der Waals surface area contributed by atoms with Gasteiger partial charge in [0.1, 0.15) is 0 Å². The van der Waals surface area contributed by atoms with Crippen LogP contribution in [0.25, 0.3) is 0 Å². The molecule has 0 saturated carbocycles. The van der Waals surface area contributed by atoms with Crippen molar-refractivity contribution >= 4 is 29.9 Å². The molecular formula is C4H8O2Sn. The Morgan fingerprint density at radius 3 is 2.29 bits per heavy atom. The van der Waals surface area contributed by atoms with Crippen molar-refractivity contribution in [3.8, 4) is 0 Å². The van der Waals surface area contributed by atoms with Crippen LogP contribution in [0.4, 0.5) is 0 Å². The first kappa shape index (κ1) is 10.1. The van der Waals surface area contributed by atoms with E-state index in [9.17, 15) is 4.79 Å². The Labute approximate surface area is 59.2 Å². The van der Waals surface area contributed by atoms with Crippen LogP contribution in [0.3, 0.4) is 0 Å². The van der Waals surface area contributed by atoms with Crippen molar-refractivity contribution in [1.29, 1.82) is 0 Å². The zero-order valence-corrected chi connectivity index (χ0v) is 8.09. The summed E-state index contributed by atoms with van der Waals surface area (Å²) in [7, 11) is 0. The summed E-state index contributed by atoms with van der Waals surface area (Å²) in [5.74, 6) is -0.829. The van der Waals surface area contributed by atoms with Crippen LogP contribution >= 0.6 is 0 Å². The molecule has 0 aromatic heterocycles. The van der Waals surface area contributed by atoms with E-state index in [-0.39, 0.29) is 30.3 Å². The van der Waals surface area contributed by atoms with E-state index >= 15 is 0 Å². The van der Waals surface area contributed by atoms with Crippen molar-refractivity contribution < 1.29 is 9.90 Å². The summed E-state index contributed by atoms with van der Waals surface area (Å²) in [5, 5.41) is 7.84. The van der Waals surface area contributed by atoms with Gasteiger partial charge in [0.2, 0.25) is 0 Å². The Morgan fingerprint density at radius 1 is 1.86 bits per heavy atom. The molecule has 0 unspecified atom stereocenters. The SMILES string of the molecule is C=CCC(=O)O.[SnH2]. The molecule has 0 amide bonds. The molecule has 0 atom stereocenters. The summed E-state index contributed by atoms with van der Waals surface area (Å²) in [6.07, 6.45) is 1.41. The van der Waals surface area contributed by atoms with Gasteiger partial charge in [-0.25, -0.2) is 0 Å². The number of carboxylic acid groups (broad SMARTS) is 1. The summed E-state index contributed by atoms with van der Waals surface area (Å²) >= 11 is 0. The first-order chi connectivity index (χ1) is 2.77. The van der Waals surface area contributed by atoms with Gasteiger partial charge in [-0.05, 0) is 0 Å². The van der Waals surface area contributed by atoms with E-state index in [1.165, 1.54) is 6.08 Å². The van der Waals surface area contributed by atoms with E-state index in [1.54, 1.807) is 0 Å². The molecule has 0 aliphatic carbocycles. The fraction of sp³-hybridized carbons (Fsp3) is 0.250. The van der Waals surface area contributed by atoms with Gasteiger partial charge in [-0.2, -0.15) is 0 Å². The van der Waals surface area contributed by atoms with Gasteiger partial charge in [-0.3, -0.25) is 4.79 Å². The van der Waals surface area contributed by atoms with Gasteiger partial charge in [-0.15, -0.1) is 6.58 Å². The van der Waals surface area contributed by atoms with E-state index in [1.807, 2.05) is 0 Å². The molecule has 0 rings (SSSR count). The van der Waals surface area contributed by atoms with Crippen molar-refractivity contribution in [2.45, 2.75) is 6.42 Å². The molecule has 0 aliphatic rings. The summed E-state index contributed by atoms with van der Waals surface area (Å²) in [6, 6.07) is 0. The second kappa shape index (κ2) is 6.01. The monoisotopic (exact) mass is 208 g/mol. The number of hydrogen-bond donors (Lipinski definition) is 1. The molecule has 7 heavy (non-hydrogen) atoms. The normalized spacial score (nSPS) is 6.29. The van der Waals surface area contributed by atoms with Gasteiger partial charge in [-0.1, -0.05) is 6.08 Å². The molecule has 2 nitrogen and oxygen atoms in total. The summed E-state index contributed by atoms with van der Waals surface area (Å²) in [5.41, 5.74) is 0. The molecule has 0 aromatic carbocycles. The molecule has 3 heteroatoms. The van der Waals surface area contributed by atoms with Crippen LogP contribution < -0.4 is 0 Å². The summed E-state index contributed by atoms with van der Waals surface area (Å²) in [6.45, 7) is 3.22. The quantitative estimate of drug-likeness (QED) is 0.499. The number of carbonyl (C=O) groups is 1. The van der Waals surface area contributed by atoms with Crippen LogP contribution in [0.1, 0.15) is 6.42 Å². The average Bonchev–Trinajstić information content (AvgIpc) is 1.35. The third kappa shape index (κ3) is 10.7. The average molecular weight is 207 g/mol. The number of hydrogen-bond acceptors (Lipinski definition) is 1. The first-order valence-electron chi connectivity index (χ1n) is 1.60. The Morgan fingerprint density at radius 2 is 2.29 bits per heavy atom. The molecule has 0 saturated heterocycles. The summed E-state index contributed by atoms with van der Waals surface area (Å²) in [4.78, 5) is 9.53. The van der Waals surface area contributed by atoms with Gasteiger partial charge >= 0.3 is 29.9 Å². The van der Waals surface area contributed by atoms with Crippen LogP contribution in [0.15, 0.2) is 12.7 Å². The Hall–Kier alpha value is 0.00870. The van der Waals surface area contributed by atoms with Crippen molar-refractivity contribution in [2.75, 3.05) is 0 Å². The van der Waals surface area contributed by atoms with E-state index in [0.717, 1.165) is 0 Å². The van der Waals surface area contributed by atoms with Crippen molar-refractivity contribution in [3.63, 3.8) is 0 Å². The van der Waals surface area contributed by atoms with Crippen molar-refractivity contribution in [3.05, 3.63) is 12.7 Å². The van der Waals surface area contributed by atoms with Gasteiger partial charge in [0, 0.05) is 0 Å². The fourth-order valence-corrected chi connectivity index (χ4v) is 0.123. The third-order valence-electron chi connectivity index (χ3n) is 0.319. The molecule has 2 radical (unpaired) electrons. The number of rotatable bonds is 2. The standard InChI is InChI=1S/C4H6O2.Sn.2H/c1-2-3-4(5)6;;;/h2H,1,3H2,(H,5,6);;;. The maximum atomic E-state index is 9.53. The van der Waals surface area contributed by atoms with Gasteiger partial charge in [0.15, 0.2) is 0 Å². The molecule has 0 spiro atoms. The van der Waals surface area contributed by atoms with Gasteiger partial charge in [0.05, 0.1) is 6.42 Å². The summed E-state index contributed by atoms with van der Waals surface area (Å²) < 4.78 is 0. The molecule has 0 bridgehead atoms. The second-order valence-electron chi connectivity index (χ2n) is 0.887. The van der Waals surface area contributed by atoms with Gasteiger partial charge < -0.3 is 5.11 Å². The minimum atomic E-state index is -0.829. The zero-order valence-electron chi connectivity index (χ0n) is 4.05. The van der Waals surface area contributed by atoms with E-state index in [2.05, 4.69) is 6.58 Å². The zero-order chi connectivity index (χ0) is 4.99. The predicted molar refractivity (Wildman–Crippen MR) is 31.0 cm³/mol. The predicted octanol–water partition coefficient (Wildman–Crippen LogP) is -0.269. The van der Waals surface area contributed by atoms with Crippen LogP contribution in [0.5, 0.6) is 0 Å². The molecule has 40 valence electrons. The molecule has 1 N–H and O–H groups in total. The van der Waals surface area contributed by atoms with E-state index in [0.29, 0.717) is 0 Å². The van der Waals surface area contributed by atoms with Crippen LogP contribution in [0.2, 0.25) is 0 Å². The second-order valence-corrected chi connectivity index (χ2v) is 0.887. The Balaban J connectivity index is 0. The van der Waals surface area contributed by atoms with Crippen molar-refractivity contribution in [2.24, 2.45) is 0 Å². The van der Waals surface area contributed by atoms with Crippen LogP contribution in [0, 0.1) is 0 Å². The number of aliphatic carboxylic acids is 1. The Bertz CT molecular complexity index is 70.1. The molecule has 0 aromatic rings. The maximum absolute atomic E-state index is 9.53.